The van der Waals surface area contributed by atoms with Crippen LogP contribution in [0, 0.1) is 12.7 Å². The Labute approximate surface area is 151 Å². The Morgan fingerprint density at radius 3 is 2.96 bits per heavy atom. The molecule has 0 saturated carbocycles. The Kier molecular flexibility index (Phi) is 4.26. The minimum Gasteiger partial charge on any atom is -0.354 e. The third-order valence-corrected chi connectivity index (χ3v) is 4.43. The number of nitrogens with zero attached hydrogens (tertiary/aromatic N) is 3. The van der Waals surface area contributed by atoms with Gasteiger partial charge in [-0.05, 0) is 37.6 Å². The normalized spacial score (nSPS) is 14.3. The lowest BCUT2D eigenvalue weighted by Crippen LogP contribution is -2.20. The fraction of sp³-hybridized carbons (Fsp3) is 0.200. The van der Waals surface area contributed by atoms with Crippen molar-refractivity contribution >= 4 is 22.6 Å². The fourth-order valence-corrected chi connectivity index (χ4v) is 3.11. The zero-order valence-electron chi connectivity index (χ0n) is 14.6. The van der Waals surface area contributed by atoms with Crippen LogP contribution in [-0.2, 0) is 0 Å². The largest absolute Gasteiger partial charge is 0.354 e. The second-order valence-corrected chi connectivity index (χ2v) is 6.41. The maximum absolute atomic E-state index is 14.2. The average Bonchev–Trinajstić information content (AvgIpc) is 3.03. The molecule has 0 spiro atoms. The van der Waals surface area contributed by atoms with Gasteiger partial charge in [0.25, 0.3) is 0 Å². The molecule has 26 heavy (non-hydrogen) atoms. The first kappa shape index (κ1) is 16.5. The maximum atomic E-state index is 14.2. The summed E-state index contributed by atoms with van der Waals surface area (Å²) in [5, 5.41) is 6.45. The number of hydrogen-bond donors (Lipinski definition) is 2. The summed E-state index contributed by atoms with van der Waals surface area (Å²) < 4.78 is 15.9. The van der Waals surface area contributed by atoms with Crippen LogP contribution in [0.15, 0.2) is 49.4 Å². The highest BCUT2D eigenvalue weighted by molar-refractivity contribution is 5.76. The molecule has 1 aliphatic rings. The monoisotopic (exact) mass is 349 g/mol. The molecule has 1 aliphatic heterocycles. The van der Waals surface area contributed by atoms with Gasteiger partial charge in [-0.3, -0.25) is 4.98 Å². The maximum Gasteiger partial charge on any atom is 0.173 e. The molecule has 0 unspecified atom stereocenters. The Bertz CT molecular complexity index is 1000. The highest BCUT2D eigenvalue weighted by Crippen LogP contribution is 2.22. The number of imidazole rings is 1. The van der Waals surface area contributed by atoms with Crippen LogP contribution in [0.3, 0.4) is 0 Å². The molecule has 3 aromatic rings. The van der Waals surface area contributed by atoms with Gasteiger partial charge in [-0.25, -0.2) is 9.37 Å². The number of aromatic nitrogens is 3. The Morgan fingerprint density at radius 1 is 1.35 bits per heavy atom. The summed E-state index contributed by atoms with van der Waals surface area (Å²) in [6.07, 6.45) is 8.53. The van der Waals surface area contributed by atoms with Crippen LogP contribution in [0.4, 0.5) is 10.1 Å². The summed E-state index contributed by atoms with van der Waals surface area (Å²) in [6, 6.07) is 5.41. The van der Waals surface area contributed by atoms with Crippen molar-refractivity contribution in [1.82, 2.24) is 19.7 Å². The molecule has 0 amide bonds. The third-order valence-electron chi connectivity index (χ3n) is 4.43. The van der Waals surface area contributed by atoms with Gasteiger partial charge >= 0.3 is 0 Å². The van der Waals surface area contributed by atoms with Gasteiger partial charge in [-0.15, -0.1) is 0 Å². The number of aryl methyl sites for hydroxylation is 1. The van der Waals surface area contributed by atoms with E-state index >= 15 is 0 Å². The molecule has 5 nitrogen and oxygen atoms in total. The van der Waals surface area contributed by atoms with Gasteiger partial charge < -0.3 is 15.0 Å². The van der Waals surface area contributed by atoms with Crippen LogP contribution in [-0.4, -0.2) is 27.5 Å². The molecule has 3 aromatic heterocycles. The van der Waals surface area contributed by atoms with Crippen molar-refractivity contribution in [3.05, 3.63) is 72.2 Å². The van der Waals surface area contributed by atoms with E-state index in [4.69, 9.17) is 0 Å². The van der Waals surface area contributed by atoms with E-state index in [0.717, 1.165) is 36.5 Å². The van der Waals surface area contributed by atoms with Crippen LogP contribution in [0.1, 0.15) is 23.4 Å². The van der Waals surface area contributed by atoms with Crippen molar-refractivity contribution in [2.75, 3.05) is 18.4 Å². The van der Waals surface area contributed by atoms with Gasteiger partial charge in [0, 0.05) is 42.5 Å². The van der Waals surface area contributed by atoms with Crippen LogP contribution in [0.2, 0.25) is 0 Å². The number of nitrogens with one attached hydrogen (secondary N) is 2. The van der Waals surface area contributed by atoms with Gasteiger partial charge in [0.2, 0.25) is 0 Å². The van der Waals surface area contributed by atoms with Crippen molar-refractivity contribution in [3.63, 3.8) is 0 Å². The molecular weight excluding hydrogens is 329 g/mol. The van der Waals surface area contributed by atoms with E-state index in [1.165, 1.54) is 11.6 Å². The smallest absolute Gasteiger partial charge is 0.173 e. The zero-order valence-corrected chi connectivity index (χ0v) is 14.6. The lowest BCUT2D eigenvalue weighted by atomic mass is 10.0. The predicted molar refractivity (Wildman–Crippen MR) is 102 cm³/mol. The van der Waals surface area contributed by atoms with Crippen molar-refractivity contribution < 1.29 is 4.39 Å². The Hall–Kier alpha value is -2.99. The Morgan fingerprint density at radius 2 is 2.23 bits per heavy atom. The molecule has 2 N–H and O–H groups in total. The fourth-order valence-electron chi connectivity index (χ4n) is 3.11. The standard InChI is InChI=1S/C20H20FN5/c1-13-11-26-12-17(9-18(21)20(26)24-13)25-14(2)16-3-4-19(23-10-16)15-5-7-22-8-6-15/h3-5,9-12,22,25H,2,6-8H2,1H3. The van der Waals surface area contributed by atoms with E-state index in [0.29, 0.717) is 17.0 Å². The molecular formula is C20H20FN5. The minimum atomic E-state index is -0.373. The minimum absolute atomic E-state index is 0.319. The van der Waals surface area contributed by atoms with Gasteiger partial charge in [0.05, 0.1) is 17.1 Å². The van der Waals surface area contributed by atoms with Crippen LogP contribution < -0.4 is 10.6 Å². The highest BCUT2D eigenvalue weighted by Gasteiger charge is 2.10. The highest BCUT2D eigenvalue weighted by atomic mass is 19.1. The number of pyridine rings is 2. The summed E-state index contributed by atoms with van der Waals surface area (Å²) in [7, 11) is 0. The molecule has 0 aromatic carbocycles. The molecule has 4 rings (SSSR count). The van der Waals surface area contributed by atoms with Crippen molar-refractivity contribution in [2.24, 2.45) is 0 Å². The molecule has 0 atom stereocenters. The van der Waals surface area contributed by atoms with Crippen LogP contribution in [0.25, 0.3) is 16.9 Å². The molecule has 6 heteroatoms. The van der Waals surface area contributed by atoms with Crippen molar-refractivity contribution in [1.29, 1.82) is 0 Å². The first-order valence-electron chi connectivity index (χ1n) is 8.57. The van der Waals surface area contributed by atoms with E-state index in [9.17, 15) is 4.39 Å². The molecule has 132 valence electrons. The van der Waals surface area contributed by atoms with Crippen LogP contribution in [0.5, 0.6) is 0 Å². The van der Waals surface area contributed by atoms with Gasteiger partial charge in [-0.2, -0.15) is 0 Å². The molecule has 0 bridgehead atoms. The number of hydrogen-bond acceptors (Lipinski definition) is 4. The van der Waals surface area contributed by atoms with Gasteiger partial charge in [0.1, 0.15) is 0 Å². The predicted octanol–water partition coefficient (Wildman–Crippen LogP) is 3.64. The number of fused-ring (bicyclic) bond motifs is 1. The van der Waals surface area contributed by atoms with E-state index in [1.807, 2.05) is 19.1 Å². The lowest BCUT2D eigenvalue weighted by molar-refractivity contribution is 0.630. The van der Waals surface area contributed by atoms with Crippen molar-refractivity contribution in [3.8, 4) is 0 Å². The van der Waals surface area contributed by atoms with E-state index in [2.05, 4.69) is 33.3 Å². The van der Waals surface area contributed by atoms with E-state index in [1.54, 1.807) is 23.0 Å². The zero-order chi connectivity index (χ0) is 18.1. The summed E-state index contributed by atoms with van der Waals surface area (Å²) >= 11 is 0. The summed E-state index contributed by atoms with van der Waals surface area (Å²) in [5.41, 5.74) is 5.49. The average molecular weight is 349 g/mol. The molecule has 0 saturated heterocycles. The Balaban J connectivity index is 1.53. The summed E-state index contributed by atoms with van der Waals surface area (Å²) in [4.78, 5) is 8.71. The molecule has 0 fully saturated rings. The topological polar surface area (TPSA) is 54.2 Å². The van der Waals surface area contributed by atoms with Crippen LogP contribution >= 0.6 is 0 Å². The second-order valence-electron chi connectivity index (χ2n) is 6.41. The molecule has 4 heterocycles. The SMILES string of the molecule is C=C(Nc1cc(F)c2nc(C)cn2c1)c1ccc(C2=CCNCC2)nc1. The quantitative estimate of drug-likeness (QED) is 0.755. The summed E-state index contributed by atoms with van der Waals surface area (Å²) in [6.45, 7) is 7.75. The second kappa shape index (κ2) is 6.72. The summed E-state index contributed by atoms with van der Waals surface area (Å²) in [5.74, 6) is -0.373. The lowest BCUT2D eigenvalue weighted by Gasteiger charge is -2.14. The number of rotatable bonds is 4. The van der Waals surface area contributed by atoms with E-state index < -0.39 is 0 Å². The van der Waals surface area contributed by atoms with Gasteiger partial charge in [-0.1, -0.05) is 12.7 Å². The first-order valence-corrected chi connectivity index (χ1v) is 8.57. The molecule has 0 aliphatic carbocycles. The number of halogens is 1. The van der Waals surface area contributed by atoms with Gasteiger partial charge in [0.15, 0.2) is 11.5 Å². The third kappa shape index (κ3) is 3.23. The van der Waals surface area contributed by atoms with Crippen molar-refractivity contribution in [2.45, 2.75) is 13.3 Å². The number of anilines is 1. The van der Waals surface area contributed by atoms with E-state index in [-0.39, 0.29) is 5.82 Å². The molecule has 0 radical (unpaired) electrons. The first-order chi connectivity index (χ1) is 12.6.